The molecule has 21 heavy (non-hydrogen) atoms. The number of rotatable bonds is 3. The van der Waals surface area contributed by atoms with Gasteiger partial charge in [-0.2, -0.15) is 9.40 Å². The molecule has 9 heteroatoms. The van der Waals surface area contributed by atoms with Crippen LogP contribution in [0.4, 0.5) is 5.95 Å². The summed E-state index contributed by atoms with van der Waals surface area (Å²) in [5.41, 5.74) is 0.896. The lowest BCUT2D eigenvalue weighted by molar-refractivity contribution is 0.381. The Balaban J connectivity index is 1.71. The molecule has 2 aromatic heterocycles. The number of aromatic amines is 1. The van der Waals surface area contributed by atoms with Crippen LogP contribution in [0.3, 0.4) is 0 Å². The molecular weight excluding hydrogens is 292 g/mol. The number of aryl methyl sites for hydroxylation is 1. The molecule has 0 unspecified atom stereocenters. The first-order chi connectivity index (χ1) is 10.1. The maximum absolute atomic E-state index is 12.4. The molecule has 0 amide bonds. The monoisotopic (exact) mass is 308 g/mol. The van der Waals surface area contributed by atoms with Gasteiger partial charge >= 0.3 is 0 Å². The van der Waals surface area contributed by atoms with Gasteiger partial charge in [0.2, 0.25) is 5.95 Å². The highest BCUT2D eigenvalue weighted by atomic mass is 32.2. The molecule has 112 valence electrons. The van der Waals surface area contributed by atoms with Crippen molar-refractivity contribution in [2.24, 2.45) is 0 Å². The molecule has 0 saturated carbocycles. The third kappa shape index (κ3) is 2.74. The van der Waals surface area contributed by atoms with Crippen LogP contribution < -0.4 is 4.90 Å². The summed E-state index contributed by atoms with van der Waals surface area (Å²) in [6.45, 7) is 3.84. The van der Waals surface area contributed by atoms with Gasteiger partial charge in [-0.3, -0.25) is 5.10 Å². The number of H-pyrrole nitrogens is 1. The van der Waals surface area contributed by atoms with Gasteiger partial charge in [0.25, 0.3) is 10.0 Å². The summed E-state index contributed by atoms with van der Waals surface area (Å²) in [6, 6.07) is 3.30. The van der Waals surface area contributed by atoms with Gasteiger partial charge in [-0.15, -0.1) is 0 Å². The Kier molecular flexibility index (Phi) is 3.60. The third-order valence-electron chi connectivity index (χ3n) is 3.40. The lowest BCUT2D eigenvalue weighted by atomic mass is 10.4. The Morgan fingerprint density at radius 2 is 1.90 bits per heavy atom. The minimum atomic E-state index is -3.48. The number of anilines is 1. The maximum Gasteiger partial charge on any atom is 0.260 e. The van der Waals surface area contributed by atoms with Gasteiger partial charge in [0, 0.05) is 38.1 Å². The van der Waals surface area contributed by atoms with Gasteiger partial charge in [-0.25, -0.2) is 18.4 Å². The molecule has 0 spiro atoms. The van der Waals surface area contributed by atoms with Crippen LogP contribution >= 0.6 is 0 Å². The highest BCUT2D eigenvalue weighted by Crippen LogP contribution is 2.17. The number of piperazine rings is 1. The van der Waals surface area contributed by atoms with Crippen LogP contribution in [0, 0.1) is 6.92 Å². The number of nitrogens with zero attached hydrogens (tertiary/aromatic N) is 5. The summed E-state index contributed by atoms with van der Waals surface area (Å²) in [7, 11) is -3.48. The lowest BCUT2D eigenvalue weighted by Crippen LogP contribution is -2.49. The SMILES string of the molecule is Cc1ccnc(N2CCN(S(=O)(=O)c3ccn[nH]3)CC2)n1. The average molecular weight is 308 g/mol. The smallest absolute Gasteiger partial charge is 0.260 e. The van der Waals surface area contributed by atoms with Gasteiger partial charge in [0.05, 0.1) is 6.20 Å². The van der Waals surface area contributed by atoms with E-state index in [9.17, 15) is 8.42 Å². The number of nitrogens with one attached hydrogen (secondary N) is 1. The van der Waals surface area contributed by atoms with E-state index in [4.69, 9.17) is 0 Å². The second-order valence-electron chi connectivity index (χ2n) is 4.81. The summed E-state index contributed by atoms with van der Waals surface area (Å²) in [5.74, 6) is 0.647. The number of hydrogen-bond donors (Lipinski definition) is 1. The Morgan fingerprint density at radius 1 is 1.14 bits per heavy atom. The maximum atomic E-state index is 12.4. The fourth-order valence-electron chi connectivity index (χ4n) is 2.24. The first-order valence-corrected chi connectivity index (χ1v) is 8.05. The van der Waals surface area contributed by atoms with E-state index in [2.05, 4.69) is 20.2 Å². The fourth-order valence-corrected chi connectivity index (χ4v) is 3.57. The Morgan fingerprint density at radius 3 is 2.52 bits per heavy atom. The van der Waals surface area contributed by atoms with Gasteiger partial charge in [0.1, 0.15) is 0 Å². The van der Waals surface area contributed by atoms with Crippen molar-refractivity contribution in [1.82, 2.24) is 24.5 Å². The van der Waals surface area contributed by atoms with Crippen LogP contribution in [0.1, 0.15) is 5.69 Å². The van der Waals surface area contributed by atoms with Crippen molar-refractivity contribution in [3.05, 3.63) is 30.2 Å². The largest absolute Gasteiger partial charge is 0.338 e. The van der Waals surface area contributed by atoms with E-state index >= 15 is 0 Å². The van der Waals surface area contributed by atoms with Crippen molar-refractivity contribution in [3.8, 4) is 0 Å². The molecule has 1 aliphatic heterocycles. The summed E-state index contributed by atoms with van der Waals surface area (Å²) in [4.78, 5) is 10.6. The van der Waals surface area contributed by atoms with E-state index in [1.165, 1.54) is 16.6 Å². The zero-order valence-electron chi connectivity index (χ0n) is 11.6. The zero-order chi connectivity index (χ0) is 14.9. The predicted molar refractivity (Wildman–Crippen MR) is 76.3 cm³/mol. The van der Waals surface area contributed by atoms with Crippen LogP contribution in [0.2, 0.25) is 0 Å². The van der Waals surface area contributed by atoms with Gasteiger partial charge in [-0.1, -0.05) is 0 Å². The van der Waals surface area contributed by atoms with Gasteiger partial charge in [0.15, 0.2) is 5.03 Å². The van der Waals surface area contributed by atoms with Gasteiger partial charge < -0.3 is 4.90 Å². The highest BCUT2D eigenvalue weighted by Gasteiger charge is 2.30. The van der Waals surface area contributed by atoms with Crippen molar-refractivity contribution in [1.29, 1.82) is 0 Å². The molecule has 0 bridgehead atoms. The molecule has 8 nitrogen and oxygen atoms in total. The molecule has 3 rings (SSSR count). The van der Waals surface area contributed by atoms with Crippen molar-refractivity contribution >= 4 is 16.0 Å². The minimum absolute atomic E-state index is 0.128. The fraction of sp³-hybridized carbons (Fsp3) is 0.417. The van der Waals surface area contributed by atoms with E-state index in [1.807, 2.05) is 17.9 Å². The van der Waals surface area contributed by atoms with Crippen molar-refractivity contribution in [3.63, 3.8) is 0 Å². The molecular formula is C12H16N6O2S. The number of aromatic nitrogens is 4. The molecule has 1 aliphatic rings. The van der Waals surface area contributed by atoms with Crippen molar-refractivity contribution in [2.75, 3.05) is 31.1 Å². The molecule has 1 fully saturated rings. The second-order valence-corrected chi connectivity index (χ2v) is 6.72. The molecule has 3 heterocycles. The summed E-state index contributed by atoms with van der Waals surface area (Å²) in [6.07, 6.45) is 3.15. The van der Waals surface area contributed by atoms with E-state index in [0.29, 0.717) is 32.1 Å². The standard InChI is InChI=1S/C12H16N6O2S/c1-10-2-4-13-12(15-10)17-6-8-18(9-7-17)21(19,20)11-3-5-14-16-11/h2-5H,6-9H2,1H3,(H,14,16). The minimum Gasteiger partial charge on any atom is -0.338 e. The third-order valence-corrected chi connectivity index (χ3v) is 5.22. The zero-order valence-corrected chi connectivity index (χ0v) is 12.4. The second kappa shape index (κ2) is 5.41. The normalized spacial score (nSPS) is 17.1. The molecule has 0 radical (unpaired) electrons. The van der Waals surface area contributed by atoms with Crippen LogP contribution in [-0.4, -0.2) is 59.1 Å². The molecule has 0 atom stereocenters. The quantitative estimate of drug-likeness (QED) is 0.859. The molecule has 2 aromatic rings. The van der Waals surface area contributed by atoms with Crippen LogP contribution in [0.5, 0.6) is 0 Å². The van der Waals surface area contributed by atoms with Crippen molar-refractivity contribution in [2.45, 2.75) is 11.9 Å². The van der Waals surface area contributed by atoms with Gasteiger partial charge in [-0.05, 0) is 19.1 Å². The van der Waals surface area contributed by atoms with Crippen LogP contribution in [0.15, 0.2) is 29.6 Å². The van der Waals surface area contributed by atoms with E-state index in [1.54, 1.807) is 6.20 Å². The molecule has 1 saturated heterocycles. The van der Waals surface area contributed by atoms with Crippen molar-refractivity contribution < 1.29 is 8.42 Å². The van der Waals surface area contributed by atoms with E-state index in [0.717, 1.165) is 5.69 Å². The first-order valence-electron chi connectivity index (χ1n) is 6.61. The topological polar surface area (TPSA) is 95.1 Å². The number of hydrogen-bond acceptors (Lipinski definition) is 6. The first kappa shape index (κ1) is 14.0. The summed E-state index contributed by atoms with van der Waals surface area (Å²) in [5, 5.41) is 6.33. The molecule has 0 aliphatic carbocycles. The van der Waals surface area contributed by atoms with E-state index in [-0.39, 0.29) is 5.03 Å². The summed E-state index contributed by atoms with van der Waals surface area (Å²) < 4.78 is 26.2. The van der Waals surface area contributed by atoms with Crippen LogP contribution in [-0.2, 0) is 10.0 Å². The molecule has 0 aromatic carbocycles. The molecule has 1 N–H and O–H groups in total. The lowest BCUT2D eigenvalue weighted by Gasteiger charge is -2.33. The highest BCUT2D eigenvalue weighted by molar-refractivity contribution is 7.89. The predicted octanol–water partition coefficient (Wildman–Crippen LogP) is 0.0190. The summed E-state index contributed by atoms with van der Waals surface area (Å²) >= 11 is 0. The van der Waals surface area contributed by atoms with E-state index < -0.39 is 10.0 Å². The average Bonchev–Trinajstić information content (AvgIpc) is 3.02. The van der Waals surface area contributed by atoms with Crippen LogP contribution in [0.25, 0.3) is 0 Å². The number of sulfonamides is 1. The Labute approximate surface area is 122 Å². The Hall–Kier alpha value is -2.00. The Bertz CT molecular complexity index is 707.